The van der Waals surface area contributed by atoms with Gasteiger partial charge in [-0.15, -0.1) is 0 Å². The van der Waals surface area contributed by atoms with Gasteiger partial charge in [-0.2, -0.15) is 0 Å². The van der Waals surface area contributed by atoms with Gasteiger partial charge in [0.05, 0.1) is 13.1 Å². The maximum Gasteiger partial charge on any atom is 0.234 e. The van der Waals surface area contributed by atoms with E-state index in [2.05, 4.69) is 17.2 Å². The van der Waals surface area contributed by atoms with Crippen molar-refractivity contribution in [3.63, 3.8) is 0 Å². The molecule has 1 amide bonds. The topological polar surface area (TPSA) is 67.6 Å². The molecule has 0 aliphatic rings. The van der Waals surface area contributed by atoms with Crippen molar-refractivity contribution < 1.29 is 9.53 Å². The predicted octanol–water partition coefficient (Wildman–Crippen LogP) is 0.444. The summed E-state index contributed by atoms with van der Waals surface area (Å²) in [5, 5.41) is 2.76. The van der Waals surface area contributed by atoms with Gasteiger partial charge in [0.2, 0.25) is 5.91 Å². The number of nitrogens with two attached hydrogens (primary N) is 1. The zero-order valence-corrected chi connectivity index (χ0v) is 12.7. The molecule has 0 aromatic heterocycles. The number of carbonyl (C=O) groups excluding carboxylic acids is 1. The van der Waals surface area contributed by atoms with E-state index in [1.165, 1.54) is 0 Å². The van der Waals surface area contributed by atoms with E-state index in [1.807, 2.05) is 43.1 Å². The number of benzene rings is 1. The second-order valence-corrected chi connectivity index (χ2v) is 4.57. The monoisotopic (exact) mass is 289 g/mol. The number of hydrogen-bond acceptors (Lipinski definition) is 4. The fraction of sp³-hybridized carbons (Fsp3) is 0.438. The highest BCUT2D eigenvalue weighted by molar-refractivity contribution is 5.77. The van der Waals surface area contributed by atoms with E-state index < -0.39 is 0 Å². The smallest absolute Gasteiger partial charge is 0.234 e. The first-order valence-electron chi connectivity index (χ1n) is 7.02. The summed E-state index contributed by atoms with van der Waals surface area (Å²) in [6.07, 6.45) is 0. The minimum absolute atomic E-state index is 0.0304. The molecule has 0 unspecified atom stereocenters. The van der Waals surface area contributed by atoms with Crippen LogP contribution in [0.15, 0.2) is 24.3 Å². The molecule has 1 aromatic carbocycles. The average Bonchev–Trinajstić information content (AvgIpc) is 2.46. The Balaban J connectivity index is 2.30. The van der Waals surface area contributed by atoms with Crippen molar-refractivity contribution in [3.8, 4) is 17.6 Å². The maximum atomic E-state index is 11.4. The Labute approximate surface area is 126 Å². The molecule has 0 aliphatic carbocycles. The van der Waals surface area contributed by atoms with Crippen molar-refractivity contribution in [3.05, 3.63) is 29.8 Å². The molecular formula is C16H23N3O2. The highest BCUT2D eigenvalue weighted by atomic mass is 16.5. The molecule has 3 N–H and O–H groups in total. The number of rotatable bonds is 7. The standard InChI is InChI=1S/C16H23N3O2/c1-3-18-16(20)13-19(2)11-12-21-15-8-6-14(7-9-15)5-4-10-17/h6-9H,3,10-13,17H2,1-2H3,(H,18,20). The highest BCUT2D eigenvalue weighted by Crippen LogP contribution is 2.11. The fourth-order valence-electron chi connectivity index (χ4n) is 1.68. The molecule has 0 aliphatic heterocycles. The number of carbonyl (C=O) groups is 1. The lowest BCUT2D eigenvalue weighted by Gasteiger charge is -2.16. The van der Waals surface area contributed by atoms with E-state index in [0.29, 0.717) is 32.8 Å². The molecule has 0 fully saturated rings. The van der Waals surface area contributed by atoms with E-state index >= 15 is 0 Å². The zero-order chi connectivity index (χ0) is 15.5. The van der Waals surface area contributed by atoms with Crippen LogP contribution >= 0.6 is 0 Å². The lowest BCUT2D eigenvalue weighted by Crippen LogP contribution is -2.36. The molecular weight excluding hydrogens is 266 g/mol. The van der Waals surface area contributed by atoms with E-state index in [1.54, 1.807) is 0 Å². The molecule has 0 saturated carbocycles. The molecule has 1 aromatic rings. The zero-order valence-electron chi connectivity index (χ0n) is 12.7. The molecule has 0 atom stereocenters. The number of ether oxygens (including phenoxy) is 1. The number of amides is 1. The van der Waals surface area contributed by atoms with Crippen molar-refractivity contribution in [2.45, 2.75) is 6.92 Å². The minimum atomic E-state index is 0.0304. The van der Waals surface area contributed by atoms with E-state index in [4.69, 9.17) is 10.5 Å². The van der Waals surface area contributed by atoms with Gasteiger partial charge < -0.3 is 15.8 Å². The van der Waals surface area contributed by atoms with Crippen LogP contribution in [-0.2, 0) is 4.79 Å². The summed E-state index contributed by atoms with van der Waals surface area (Å²) < 4.78 is 5.63. The van der Waals surface area contributed by atoms with Crippen LogP contribution in [0.25, 0.3) is 0 Å². The third kappa shape index (κ3) is 7.35. The van der Waals surface area contributed by atoms with Crippen LogP contribution in [0, 0.1) is 11.8 Å². The van der Waals surface area contributed by atoms with Crippen LogP contribution in [0.1, 0.15) is 12.5 Å². The molecule has 0 radical (unpaired) electrons. The quantitative estimate of drug-likeness (QED) is 0.715. The van der Waals surface area contributed by atoms with Crippen LogP contribution in [0.3, 0.4) is 0 Å². The summed E-state index contributed by atoms with van der Waals surface area (Å²) in [5.41, 5.74) is 6.24. The maximum absolute atomic E-state index is 11.4. The summed E-state index contributed by atoms with van der Waals surface area (Å²) in [4.78, 5) is 13.3. The molecule has 5 heteroatoms. The van der Waals surface area contributed by atoms with Crippen molar-refractivity contribution in [1.29, 1.82) is 0 Å². The van der Waals surface area contributed by atoms with Gasteiger partial charge in [0.25, 0.3) is 0 Å². The van der Waals surface area contributed by atoms with Gasteiger partial charge in [0.1, 0.15) is 12.4 Å². The first-order chi connectivity index (χ1) is 10.2. The molecule has 5 nitrogen and oxygen atoms in total. The second kappa shape index (κ2) is 9.81. The molecule has 1 rings (SSSR count). The molecule has 0 heterocycles. The summed E-state index contributed by atoms with van der Waals surface area (Å²) in [6.45, 7) is 4.52. The largest absolute Gasteiger partial charge is 0.492 e. The number of nitrogens with one attached hydrogen (secondary N) is 1. The Morgan fingerprint density at radius 2 is 2.10 bits per heavy atom. The molecule has 0 spiro atoms. The Kier molecular flexibility index (Phi) is 7.95. The molecule has 21 heavy (non-hydrogen) atoms. The van der Waals surface area contributed by atoms with E-state index in [9.17, 15) is 4.79 Å². The average molecular weight is 289 g/mol. The van der Waals surface area contributed by atoms with Gasteiger partial charge in [-0.3, -0.25) is 9.69 Å². The second-order valence-electron chi connectivity index (χ2n) is 4.57. The SMILES string of the molecule is CCNC(=O)CN(C)CCOc1ccc(C#CCN)cc1. The van der Waals surface area contributed by atoms with Gasteiger partial charge in [-0.05, 0) is 38.2 Å². The first-order valence-corrected chi connectivity index (χ1v) is 7.02. The van der Waals surface area contributed by atoms with E-state index in [-0.39, 0.29) is 5.91 Å². The van der Waals surface area contributed by atoms with Crippen LogP contribution < -0.4 is 15.8 Å². The number of likely N-dealkylation sites (N-methyl/N-ethyl adjacent to an activating group) is 2. The van der Waals surface area contributed by atoms with Gasteiger partial charge in [0, 0.05) is 18.7 Å². The van der Waals surface area contributed by atoms with Crippen LogP contribution in [0.2, 0.25) is 0 Å². The van der Waals surface area contributed by atoms with E-state index in [0.717, 1.165) is 11.3 Å². The Morgan fingerprint density at radius 3 is 2.71 bits per heavy atom. The first kappa shape index (κ1) is 17.0. The third-order valence-corrected chi connectivity index (χ3v) is 2.72. The van der Waals surface area contributed by atoms with Crippen LogP contribution in [-0.4, -0.2) is 50.6 Å². The summed E-state index contributed by atoms with van der Waals surface area (Å²) in [6, 6.07) is 7.56. The molecule has 0 bridgehead atoms. The summed E-state index contributed by atoms with van der Waals surface area (Å²) >= 11 is 0. The molecule has 114 valence electrons. The Bertz CT molecular complexity index is 488. The Morgan fingerprint density at radius 1 is 1.38 bits per heavy atom. The summed E-state index contributed by atoms with van der Waals surface area (Å²) in [5.74, 6) is 6.58. The number of hydrogen-bond donors (Lipinski definition) is 2. The van der Waals surface area contributed by atoms with Gasteiger partial charge in [0.15, 0.2) is 0 Å². The van der Waals surface area contributed by atoms with Gasteiger partial charge >= 0.3 is 0 Å². The Hall–Kier alpha value is -2.03. The molecule has 0 saturated heterocycles. The van der Waals surface area contributed by atoms with Crippen LogP contribution in [0.4, 0.5) is 0 Å². The fourth-order valence-corrected chi connectivity index (χ4v) is 1.68. The highest BCUT2D eigenvalue weighted by Gasteiger charge is 2.05. The lowest BCUT2D eigenvalue weighted by atomic mass is 10.2. The van der Waals surface area contributed by atoms with Crippen molar-refractivity contribution in [1.82, 2.24) is 10.2 Å². The summed E-state index contributed by atoms with van der Waals surface area (Å²) in [7, 11) is 1.89. The van der Waals surface area contributed by atoms with Gasteiger partial charge in [-0.1, -0.05) is 11.8 Å². The van der Waals surface area contributed by atoms with Crippen molar-refractivity contribution in [2.24, 2.45) is 5.73 Å². The minimum Gasteiger partial charge on any atom is -0.492 e. The number of nitrogens with zero attached hydrogens (tertiary/aromatic N) is 1. The van der Waals surface area contributed by atoms with Crippen molar-refractivity contribution in [2.75, 3.05) is 39.8 Å². The predicted molar refractivity (Wildman–Crippen MR) is 84.1 cm³/mol. The van der Waals surface area contributed by atoms with Crippen LogP contribution in [0.5, 0.6) is 5.75 Å². The lowest BCUT2D eigenvalue weighted by molar-refractivity contribution is -0.121. The van der Waals surface area contributed by atoms with Crippen molar-refractivity contribution >= 4 is 5.91 Å². The third-order valence-electron chi connectivity index (χ3n) is 2.72. The van der Waals surface area contributed by atoms with Gasteiger partial charge in [-0.25, -0.2) is 0 Å². The normalized spacial score (nSPS) is 9.90.